The number of rotatable bonds is 7. The second-order valence-electron chi connectivity index (χ2n) is 5.09. The van der Waals surface area contributed by atoms with Gasteiger partial charge in [0, 0.05) is 29.4 Å². The molecular formula is C16H16Cl2N2O4S. The average Bonchev–Trinajstić information content (AvgIpc) is 2.57. The maximum atomic E-state index is 12.5. The third kappa shape index (κ3) is 5.34. The van der Waals surface area contributed by atoms with Crippen LogP contribution in [0.2, 0.25) is 10.0 Å². The molecule has 25 heavy (non-hydrogen) atoms. The number of anilines is 1. The first kappa shape index (κ1) is 19.5. The van der Waals surface area contributed by atoms with E-state index >= 15 is 0 Å². The van der Waals surface area contributed by atoms with Crippen LogP contribution in [0, 0.1) is 0 Å². The van der Waals surface area contributed by atoms with E-state index < -0.39 is 10.0 Å². The first-order valence-electron chi connectivity index (χ1n) is 7.30. The summed E-state index contributed by atoms with van der Waals surface area (Å²) in [6.07, 6.45) is 0.436. The Kier molecular flexibility index (Phi) is 6.66. The van der Waals surface area contributed by atoms with Crippen molar-refractivity contribution in [3.8, 4) is 0 Å². The lowest BCUT2D eigenvalue weighted by molar-refractivity contribution is 0.0951. The van der Waals surface area contributed by atoms with E-state index in [2.05, 4.69) is 10.0 Å². The van der Waals surface area contributed by atoms with Crippen LogP contribution >= 0.6 is 23.2 Å². The smallest absolute Gasteiger partial charge is 0.263 e. The molecule has 2 aromatic carbocycles. The minimum atomic E-state index is -3.96. The molecular weight excluding hydrogens is 387 g/mol. The van der Waals surface area contributed by atoms with Crippen molar-refractivity contribution < 1.29 is 18.3 Å². The van der Waals surface area contributed by atoms with Crippen LogP contribution in [-0.2, 0) is 10.0 Å². The van der Waals surface area contributed by atoms with Gasteiger partial charge in [-0.05, 0) is 42.8 Å². The molecule has 9 heteroatoms. The van der Waals surface area contributed by atoms with Crippen molar-refractivity contribution in [3.05, 3.63) is 58.1 Å². The summed E-state index contributed by atoms with van der Waals surface area (Å²) in [6.45, 7) is 0.296. The van der Waals surface area contributed by atoms with Gasteiger partial charge in [-0.1, -0.05) is 29.3 Å². The van der Waals surface area contributed by atoms with Crippen LogP contribution in [0.25, 0.3) is 0 Å². The van der Waals surface area contributed by atoms with Gasteiger partial charge < -0.3 is 10.4 Å². The molecule has 1 amide bonds. The Hall–Kier alpha value is -1.80. The molecule has 0 saturated heterocycles. The van der Waals surface area contributed by atoms with Gasteiger partial charge in [0.2, 0.25) is 0 Å². The van der Waals surface area contributed by atoms with Crippen molar-refractivity contribution >= 4 is 44.8 Å². The zero-order valence-electron chi connectivity index (χ0n) is 13.0. The highest BCUT2D eigenvalue weighted by Gasteiger charge is 2.19. The summed E-state index contributed by atoms with van der Waals surface area (Å²) in [6, 6.07) is 10.2. The Balaban J connectivity index is 2.21. The van der Waals surface area contributed by atoms with Crippen molar-refractivity contribution in [2.24, 2.45) is 0 Å². The van der Waals surface area contributed by atoms with Gasteiger partial charge in [0.15, 0.2) is 0 Å². The Morgan fingerprint density at radius 3 is 2.60 bits per heavy atom. The number of aliphatic hydroxyl groups is 1. The third-order valence-electron chi connectivity index (χ3n) is 3.18. The van der Waals surface area contributed by atoms with E-state index in [0.29, 0.717) is 13.0 Å². The molecule has 134 valence electrons. The molecule has 6 nitrogen and oxygen atoms in total. The lowest BCUT2D eigenvalue weighted by Crippen LogP contribution is -2.25. The van der Waals surface area contributed by atoms with E-state index in [1.54, 1.807) is 12.1 Å². The molecule has 0 aliphatic heterocycles. The summed E-state index contributed by atoms with van der Waals surface area (Å²) in [5, 5.41) is 11.6. The summed E-state index contributed by atoms with van der Waals surface area (Å²) in [5.74, 6) is -0.365. The summed E-state index contributed by atoms with van der Waals surface area (Å²) < 4.78 is 27.3. The molecule has 0 aliphatic carbocycles. The first-order valence-corrected chi connectivity index (χ1v) is 9.54. The van der Waals surface area contributed by atoms with E-state index in [0.717, 1.165) is 0 Å². The van der Waals surface area contributed by atoms with E-state index in [1.165, 1.54) is 30.3 Å². The Bertz CT molecular complexity index is 872. The predicted octanol–water partition coefficient (Wildman–Crippen LogP) is 2.91. The number of halogens is 2. The summed E-state index contributed by atoms with van der Waals surface area (Å²) in [5.41, 5.74) is 0.501. The maximum Gasteiger partial charge on any atom is 0.263 e. The van der Waals surface area contributed by atoms with Crippen LogP contribution < -0.4 is 10.0 Å². The highest BCUT2D eigenvalue weighted by molar-refractivity contribution is 7.92. The number of aliphatic hydroxyl groups excluding tert-OH is 1. The first-order chi connectivity index (χ1) is 11.8. The maximum absolute atomic E-state index is 12.5. The lowest BCUT2D eigenvalue weighted by Gasteiger charge is -2.11. The number of carbonyl (C=O) groups excluding carboxylic acids is 1. The number of benzene rings is 2. The topological polar surface area (TPSA) is 95.5 Å². The fourth-order valence-corrected chi connectivity index (χ4v) is 3.81. The van der Waals surface area contributed by atoms with Gasteiger partial charge in [-0.2, -0.15) is 0 Å². The number of nitrogens with one attached hydrogen (secondary N) is 2. The van der Waals surface area contributed by atoms with Gasteiger partial charge in [-0.3, -0.25) is 9.52 Å². The molecule has 0 radical (unpaired) electrons. The molecule has 2 rings (SSSR count). The standard InChI is InChI=1S/C16H16Cl2N2O4S/c17-12-5-6-14(18)15(10-12)25(23,24)20-13-4-1-3-11(9-13)16(22)19-7-2-8-21/h1,3-6,9-10,20-21H,2,7-8H2,(H,19,22). The summed E-state index contributed by atoms with van der Waals surface area (Å²) in [7, 11) is -3.96. The minimum Gasteiger partial charge on any atom is -0.396 e. The van der Waals surface area contributed by atoms with E-state index in [4.69, 9.17) is 28.3 Å². The fraction of sp³-hybridized carbons (Fsp3) is 0.188. The monoisotopic (exact) mass is 402 g/mol. The second kappa shape index (κ2) is 8.53. The van der Waals surface area contributed by atoms with Gasteiger partial charge >= 0.3 is 0 Å². The SMILES string of the molecule is O=C(NCCCO)c1cccc(NS(=O)(=O)c2cc(Cl)ccc2Cl)c1. The highest BCUT2D eigenvalue weighted by atomic mass is 35.5. The summed E-state index contributed by atoms with van der Waals surface area (Å²) in [4.78, 5) is 11.8. The normalized spacial score (nSPS) is 11.2. The molecule has 0 spiro atoms. The van der Waals surface area contributed by atoms with Gasteiger partial charge in [-0.25, -0.2) is 8.42 Å². The Morgan fingerprint density at radius 1 is 1.12 bits per heavy atom. The predicted molar refractivity (Wildman–Crippen MR) is 97.7 cm³/mol. The highest BCUT2D eigenvalue weighted by Crippen LogP contribution is 2.27. The molecule has 0 heterocycles. The number of hydrogen-bond acceptors (Lipinski definition) is 4. The Labute approximate surface area is 155 Å². The molecule has 3 N–H and O–H groups in total. The van der Waals surface area contributed by atoms with E-state index in [1.807, 2.05) is 0 Å². The second-order valence-corrected chi connectivity index (χ2v) is 7.59. The van der Waals surface area contributed by atoms with Crippen LogP contribution in [0.4, 0.5) is 5.69 Å². The number of carbonyl (C=O) groups is 1. The van der Waals surface area contributed by atoms with Crippen LogP contribution in [0.5, 0.6) is 0 Å². The minimum absolute atomic E-state index is 0.0273. The van der Waals surface area contributed by atoms with Gasteiger partial charge in [-0.15, -0.1) is 0 Å². The van der Waals surface area contributed by atoms with E-state index in [-0.39, 0.29) is 38.7 Å². The molecule has 0 aromatic heterocycles. The van der Waals surface area contributed by atoms with Gasteiger partial charge in [0.25, 0.3) is 15.9 Å². The van der Waals surface area contributed by atoms with Crippen molar-refractivity contribution in [3.63, 3.8) is 0 Å². The zero-order valence-corrected chi connectivity index (χ0v) is 15.3. The molecule has 2 aromatic rings. The number of hydrogen-bond donors (Lipinski definition) is 3. The molecule has 0 fully saturated rings. The van der Waals surface area contributed by atoms with Gasteiger partial charge in [0.1, 0.15) is 4.90 Å². The van der Waals surface area contributed by atoms with Crippen molar-refractivity contribution in [2.45, 2.75) is 11.3 Å². The van der Waals surface area contributed by atoms with E-state index in [9.17, 15) is 13.2 Å². The van der Waals surface area contributed by atoms with Crippen LogP contribution in [0.15, 0.2) is 47.4 Å². The van der Waals surface area contributed by atoms with Crippen LogP contribution in [0.1, 0.15) is 16.8 Å². The molecule has 0 saturated carbocycles. The number of amides is 1. The number of sulfonamides is 1. The summed E-state index contributed by atoms with van der Waals surface area (Å²) >= 11 is 11.8. The quantitative estimate of drug-likeness (QED) is 0.620. The van der Waals surface area contributed by atoms with Crippen LogP contribution in [-0.4, -0.2) is 32.6 Å². The van der Waals surface area contributed by atoms with Crippen molar-refractivity contribution in [1.29, 1.82) is 0 Å². The molecule has 0 bridgehead atoms. The largest absolute Gasteiger partial charge is 0.396 e. The van der Waals surface area contributed by atoms with Crippen molar-refractivity contribution in [1.82, 2.24) is 5.32 Å². The van der Waals surface area contributed by atoms with Gasteiger partial charge in [0.05, 0.1) is 5.02 Å². The molecule has 0 atom stereocenters. The Morgan fingerprint density at radius 2 is 1.88 bits per heavy atom. The lowest BCUT2D eigenvalue weighted by atomic mass is 10.2. The van der Waals surface area contributed by atoms with Crippen LogP contribution in [0.3, 0.4) is 0 Å². The zero-order chi connectivity index (χ0) is 18.4. The molecule has 0 unspecified atom stereocenters. The van der Waals surface area contributed by atoms with Crippen molar-refractivity contribution in [2.75, 3.05) is 17.9 Å². The third-order valence-corrected chi connectivity index (χ3v) is 5.28. The average molecular weight is 403 g/mol. The fourth-order valence-electron chi connectivity index (χ4n) is 2.00. The molecule has 0 aliphatic rings.